The number of anilines is 1. The van der Waals surface area contributed by atoms with Crippen molar-refractivity contribution in [2.75, 3.05) is 25.4 Å². The van der Waals surface area contributed by atoms with E-state index in [-0.39, 0.29) is 12.5 Å². The van der Waals surface area contributed by atoms with Gasteiger partial charge in [0.05, 0.1) is 5.56 Å². The minimum atomic E-state index is -0.499. The summed E-state index contributed by atoms with van der Waals surface area (Å²) in [6.07, 6.45) is 1.13. The number of ether oxygens (including phenoxy) is 1. The summed E-state index contributed by atoms with van der Waals surface area (Å²) in [6.45, 7) is 5.54. The van der Waals surface area contributed by atoms with Crippen LogP contribution in [0.4, 0.5) is 5.69 Å². The molecule has 2 rings (SSSR count). The molecule has 0 radical (unpaired) electrons. The van der Waals surface area contributed by atoms with Gasteiger partial charge in [0, 0.05) is 18.8 Å². The van der Waals surface area contributed by atoms with Crippen LogP contribution < -0.4 is 5.73 Å². The van der Waals surface area contributed by atoms with Gasteiger partial charge < -0.3 is 15.4 Å². The molecule has 1 aromatic carbocycles. The molecule has 114 valence electrons. The summed E-state index contributed by atoms with van der Waals surface area (Å²) in [6, 6.07) is 6.44. The molecule has 1 aliphatic rings. The average molecular weight is 290 g/mol. The van der Waals surface area contributed by atoms with Crippen LogP contribution in [0.25, 0.3) is 0 Å². The Morgan fingerprint density at radius 3 is 2.33 bits per heavy atom. The van der Waals surface area contributed by atoms with Crippen molar-refractivity contribution in [1.29, 1.82) is 0 Å². The van der Waals surface area contributed by atoms with Crippen LogP contribution in [0.3, 0.4) is 0 Å². The summed E-state index contributed by atoms with van der Waals surface area (Å²) in [5.74, 6) is 0.356. The van der Waals surface area contributed by atoms with Crippen molar-refractivity contribution >= 4 is 17.6 Å². The Balaban J connectivity index is 1.86. The molecule has 5 nitrogen and oxygen atoms in total. The van der Waals surface area contributed by atoms with Gasteiger partial charge in [-0.2, -0.15) is 0 Å². The number of carbonyl (C=O) groups excluding carboxylic acids is 2. The Kier molecular flexibility index (Phi) is 4.83. The molecule has 1 amide bonds. The first kappa shape index (κ1) is 15.4. The van der Waals surface area contributed by atoms with Crippen LogP contribution in [0.2, 0.25) is 0 Å². The molecule has 0 unspecified atom stereocenters. The predicted molar refractivity (Wildman–Crippen MR) is 80.7 cm³/mol. The number of hydrogen-bond acceptors (Lipinski definition) is 4. The van der Waals surface area contributed by atoms with Crippen molar-refractivity contribution in [3.63, 3.8) is 0 Å². The maximum Gasteiger partial charge on any atom is 0.338 e. The fraction of sp³-hybridized carbons (Fsp3) is 0.500. The van der Waals surface area contributed by atoms with Gasteiger partial charge in [-0.3, -0.25) is 4.79 Å². The number of nitrogens with two attached hydrogens (primary N) is 1. The summed E-state index contributed by atoms with van der Waals surface area (Å²) in [5.41, 5.74) is 6.54. The fourth-order valence-electron chi connectivity index (χ4n) is 2.79. The molecular formula is C16H22N2O3. The molecule has 5 heteroatoms. The number of amides is 1. The quantitative estimate of drug-likeness (QED) is 0.682. The lowest BCUT2D eigenvalue weighted by Gasteiger charge is -2.34. The SMILES string of the molecule is C[C@@H]1C[C@H](C)CN(C(=O)COC(=O)c2ccc(N)cc2)C1. The van der Waals surface area contributed by atoms with E-state index < -0.39 is 5.97 Å². The molecule has 1 fully saturated rings. The van der Waals surface area contributed by atoms with E-state index in [2.05, 4.69) is 13.8 Å². The molecule has 1 aliphatic heterocycles. The van der Waals surface area contributed by atoms with E-state index in [1.165, 1.54) is 0 Å². The molecule has 2 atom stereocenters. The first-order valence-corrected chi connectivity index (χ1v) is 7.26. The molecule has 2 N–H and O–H groups in total. The number of piperidine rings is 1. The lowest BCUT2D eigenvalue weighted by atomic mass is 9.92. The van der Waals surface area contributed by atoms with Crippen LogP contribution in [-0.4, -0.2) is 36.5 Å². The number of likely N-dealkylation sites (tertiary alicyclic amines) is 1. The number of rotatable bonds is 3. The summed E-state index contributed by atoms with van der Waals surface area (Å²) in [4.78, 5) is 25.7. The Morgan fingerprint density at radius 2 is 1.76 bits per heavy atom. The second-order valence-electron chi connectivity index (χ2n) is 5.94. The summed E-state index contributed by atoms with van der Waals surface area (Å²) >= 11 is 0. The van der Waals surface area contributed by atoms with Crippen molar-refractivity contribution in [2.24, 2.45) is 11.8 Å². The number of benzene rings is 1. The Morgan fingerprint density at radius 1 is 1.19 bits per heavy atom. The molecule has 0 aliphatic carbocycles. The normalized spacial score (nSPS) is 21.9. The Hall–Kier alpha value is -2.04. The van der Waals surface area contributed by atoms with Gasteiger partial charge in [-0.25, -0.2) is 4.79 Å². The van der Waals surface area contributed by atoms with Crippen LogP contribution in [0.5, 0.6) is 0 Å². The highest BCUT2D eigenvalue weighted by Gasteiger charge is 2.25. The van der Waals surface area contributed by atoms with Crippen molar-refractivity contribution in [1.82, 2.24) is 4.90 Å². The summed E-state index contributed by atoms with van der Waals surface area (Å²) in [5, 5.41) is 0. The van der Waals surface area contributed by atoms with E-state index >= 15 is 0 Å². The van der Waals surface area contributed by atoms with Crippen LogP contribution in [0.15, 0.2) is 24.3 Å². The monoisotopic (exact) mass is 290 g/mol. The van der Waals surface area contributed by atoms with Gasteiger partial charge >= 0.3 is 5.97 Å². The molecule has 0 aromatic heterocycles. The van der Waals surface area contributed by atoms with Crippen LogP contribution in [0.1, 0.15) is 30.6 Å². The first-order chi connectivity index (χ1) is 9.95. The second-order valence-corrected chi connectivity index (χ2v) is 5.94. The van der Waals surface area contributed by atoms with Crippen molar-refractivity contribution in [3.05, 3.63) is 29.8 Å². The topological polar surface area (TPSA) is 72.6 Å². The van der Waals surface area contributed by atoms with Gasteiger partial charge in [-0.05, 0) is 42.5 Å². The minimum absolute atomic E-state index is 0.128. The lowest BCUT2D eigenvalue weighted by Crippen LogP contribution is -2.44. The van der Waals surface area contributed by atoms with E-state index in [1.807, 2.05) is 0 Å². The zero-order valence-corrected chi connectivity index (χ0v) is 12.5. The van der Waals surface area contributed by atoms with Gasteiger partial charge in [-0.1, -0.05) is 13.8 Å². The number of hydrogen-bond donors (Lipinski definition) is 1. The molecule has 21 heavy (non-hydrogen) atoms. The van der Waals surface area contributed by atoms with Crippen LogP contribution in [-0.2, 0) is 9.53 Å². The van der Waals surface area contributed by atoms with Crippen molar-refractivity contribution in [2.45, 2.75) is 20.3 Å². The van der Waals surface area contributed by atoms with Crippen LogP contribution >= 0.6 is 0 Å². The van der Waals surface area contributed by atoms with Gasteiger partial charge in [0.2, 0.25) is 0 Å². The van der Waals surface area contributed by atoms with E-state index in [0.29, 0.717) is 23.1 Å². The molecule has 1 heterocycles. The smallest absolute Gasteiger partial charge is 0.338 e. The summed E-state index contributed by atoms with van der Waals surface area (Å²) in [7, 11) is 0. The van der Waals surface area contributed by atoms with Gasteiger partial charge in [-0.15, -0.1) is 0 Å². The zero-order chi connectivity index (χ0) is 15.4. The molecule has 0 saturated carbocycles. The van der Waals surface area contributed by atoms with E-state index in [1.54, 1.807) is 29.2 Å². The molecule has 1 aromatic rings. The Bertz CT molecular complexity index is 503. The summed E-state index contributed by atoms with van der Waals surface area (Å²) < 4.78 is 5.08. The maximum atomic E-state index is 12.1. The molecule has 0 bridgehead atoms. The lowest BCUT2D eigenvalue weighted by molar-refractivity contribution is -0.137. The third-order valence-electron chi connectivity index (χ3n) is 3.69. The number of esters is 1. The predicted octanol–water partition coefficient (Wildman–Crippen LogP) is 1.93. The molecular weight excluding hydrogens is 268 g/mol. The number of nitrogen functional groups attached to an aromatic ring is 1. The van der Waals surface area contributed by atoms with E-state index in [0.717, 1.165) is 19.5 Å². The highest BCUT2D eigenvalue weighted by Crippen LogP contribution is 2.21. The van der Waals surface area contributed by atoms with Crippen molar-refractivity contribution in [3.8, 4) is 0 Å². The Labute approximate surface area is 125 Å². The third kappa shape index (κ3) is 4.21. The van der Waals surface area contributed by atoms with E-state index in [9.17, 15) is 9.59 Å². The molecule has 0 spiro atoms. The second kappa shape index (κ2) is 6.61. The minimum Gasteiger partial charge on any atom is -0.452 e. The van der Waals surface area contributed by atoms with Gasteiger partial charge in [0.15, 0.2) is 6.61 Å². The van der Waals surface area contributed by atoms with E-state index in [4.69, 9.17) is 10.5 Å². The third-order valence-corrected chi connectivity index (χ3v) is 3.69. The standard InChI is InChI=1S/C16H22N2O3/c1-11-7-12(2)9-18(8-11)15(19)10-21-16(20)13-3-5-14(17)6-4-13/h3-6,11-12H,7-10,17H2,1-2H3/t11-,12+. The van der Waals surface area contributed by atoms with Crippen LogP contribution in [0, 0.1) is 11.8 Å². The van der Waals surface area contributed by atoms with Gasteiger partial charge in [0.1, 0.15) is 0 Å². The van der Waals surface area contributed by atoms with Crippen molar-refractivity contribution < 1.29 is 14.3 Å². The first-order valence-electron chi connectivity index (χ1n) is 7.26. The largest absolute Gasteiger partial charge is 0.452 e. The fourth-order valence-corrected chi connectivity index (χ4v) is 2.79. The maximum absolute atomic E-state index is 12.1. The highest BCUT2D eigenvalue weighted by molar-refractivity contribution is 5.91. The van der Waals surface area contributed by atoms with Gasteiger partial charge in [0.25, 0.3) is 5.91 Å². The number of carbonyl (C=O) groups is 2. The zero-order valence-electron chi connectivity index (χ0n) is 12.5. The average Bonchev–Trinajstić information content (AvgIpc) is 2.44. The number of nitrogens with zero attached hydrogens (tertiary/aromatic N) is 1. The molecule has 1 saturated heterocycles. The highest BCUT2D eigenvalue weighted by atomic mass is 16.5.